The van der Waals surface area contributed by atoms with Gasteiger partial charge in [0.05, 0.1) is 11.0 Å². The van der Waals surface area contributed by atoms with E-state index in [-0.39, 0.29) is 6.23 Å². The van der Waals surface area contributed by atoms with Gasteiger partial charge in [0.1, 0.15) is 6.23 Å². The van der Waals surface area contributed by atoms with Crippen LogP contribution >= 0.6 is 0 Å². The monoisotopic (exact) mass is 267 g/mol. The average Bonchev–Trinajstić information content (AvgIpc) is 2.82. The van der Waals surface area contributed by atoms with Crippen molar-refractivity contribution in [2.75, 3.05) is 6.61 Å². The van der Waals surface area contributed by atoms with Gasteiger partial charge in [0.2, 0.25) is 0 Å². The lowest BCUT2D eigenvalue weighted by molar-refractivity contribution is 0.00967. The van der Waals surface area contributed by atoms with E-state index in [9.17, 15) is 0 Å². The molecule has 0 N–H and O–H groups in total. The molecule has 0 spiro atoms. The highest BCUT2D eigenvalue weighted by molar-refractivity contribution is 6.08. The van der Waals surface area contributed by atoms with Crippen LogP contribution in [-0.2, 0) is 4.74 Å². The first kappa shape index (κ1) is 13.2. The number of benzene rings is 2. The van der Waals surface area contributed by atoms with Crippen molar-refractivity contribution in [1.82, 2.24) is 4.57 Å². The minimum atomic E-state index is 0.120. The largest absolute Gasteiger partial charge is 0.358 e. The van der Waals surface area contributed by atoms with Crippen molar-refractivity contribution >= 4 is 21.8 Å². The number of rotatable bonds is 5. The molecule has 2 aromatic carbocycles. The Morgan fingerprint density at radius 2 is 1.45 bits per heavy atom. The summed E-state index contributed by atoms with van der Waals surface area (Å²) in [7, 11) is 0. The molecule has 2 heteroatoms. The quantitative estimate of drug-likeness (QED) is 0.625. The number of fused-ring (bicyclic) bond motifs is 3. The van der Waals surface area contributed by atoms with Crippen LogP contribution in [0, 0.1) is 0 Å². The minimum Gasteiger partial charge on any atom is -0.358 e. The summed E-state index contributed by atoms with van der Waals surface area (Å²) < 4.78 is 8.36. The summed E-state index contributed by atoms with van der Waals surface area (Å²) in [5.41, 5.74) is 2.53. The Bertz CT molecular complexity index is 654. The topological polar surface area (TPSA) is 14.2 Å². The van der Waals surface area contributed by atoms with E-state index in [1.807, 2.05) is 0 Å². The number of aromatic nitrogens is 1. The summed E-state index contributed by atoms with van der Waals surface area (Å²) in [5, 5.41) is 2.62. The third-order valence-electron chi connectivity index (χ3n) is 3.80. The smallest absolute Gasteiger partial charge is 0.134 e. The lowest BCUT2D eigenvalue weighted by atomic mass is 10.2. The Morgan fingerprint density at radius 3 is 1.95 bits per heavy atom. The van der Waals surface area contributed by atoms with Gasteiger partial charge in [-0.05, 0) is 25.5 Å². The molecule has 0 saturated heterocycles. The van der Waals surface area contributed by atoms with Crippen molar-refractivity contribution in [3.63, 3.8) is 0 Å². The molecule has 104 valence electrons. The van der Waals surface area contributed by atoms with E-state index >= 15 is 0 Å². The molecule has 0 aliphatic rings. The average molecular weight is 267 g/mol. The van der Waals surface area contributed by atoms with E-state index in [4.69, 9.17) is 4.74 Å². The van der Waals surface area contributed by atoms with E-state index in [2.05, 4.69) is 66.9 Å². The minimum absolute atomic E-state index is 0.120. The molecule has 0 amide bonds. The molecular formula is C18H21NO. The molecule has 3 aromatic rings. The van der Waals surface area contributed by atoms with Gasteiger partial charge in [-0.3, -0.25) is 0 Å². The summed E-state index contributed by atoms with van der Waals surface area (Å²) in [6.07, 6.45) is 2.27. The zero-order valence-corrected chi connectivity index (χ0v) is 12.2. The number of ether oxygens (including phenoxy) is 1. The summed E-state index contributed by atoms with van der Waals surface area (Å²) in [5.74, 6) is 0. The highest BCUT2D eigenvalue weighted by Crippen LogP contribution is 2.33. The fourth-order valence-electron chi connectivity index (χ4n) is 2.99. The summed E-state index contributed by atoms with van der Waals surface area (Å²) in [6.45, 7) is 5.02. The van der Waals surface area contributed by atoms with E-state index in [0.29, 0.717) is 0 Å². The van der Waals surface area contributed by atoms with E-state index in [1.165, 1.54) is 21.8 Å². The molecule has 3 rings (SSSR count). The summed E-state index contributed by atoms with van der Waals surface area (Å²) in [4.78, 5) is 0. The fourth-order valence-corrected chi connectivity index (χ4v) is 2.99. The maximum absolute atomic E-state index is 6.01. The molecular weight excluding hydrogens is 246 g/mol. The molecule has 1 atom stereocenters. The van der Waals surface area contributed by atoms with Crippen LogP contribution in [0.4, 0.5) is 0 Å². The van der Waals surface area contributed by atoms with Gasteiger partial charge >= 0.3 is 0 Å². The zero-order chi connectivity index (χ0) is 13.9. The molecule has 0 radical (unpaired) electrons. The van der Waals surface area contributed by atoms with E-state index in [0.717, 1.165) is 19.4 Å². The molecule has 0 bridgehead atoms. The summed E-state index contributed by atoms with van der Waals surface area (Å²) in [6, 6.07) is 17.2. The highest BCUT2D eigenvalue weighted by atomic mass is 16.5. The Morgan fingerprint density at radius 1 is 0.900 bits per heavy atom. The molecule has 1 unspecified atom stereocenters. The second-order valence-electron chi connectivity index (χ2n) is 5.10. The molecule has 0 saturated carbocycles. The SMILES string of the molecule is CCCC(OCC)n1c2ccccc2c2ccccc21. The van der Waals surface area contributed by atoms with Crippen LogP contribution in [0.3, 0.4) is 0 Å². The Balaban J connectivity index is 2.29. The van der Waals surface area contributed by atoms with Gasteiger partial charge in [-0.2, -0.15) is 0 Å². The van der Waals surface area contributed by atoms with Gasteiger partial charge in [-0.1, -0.05) is 49.7 Å². The standard InChI is InChI=1S/C18H21NO/c1-3-9-18(20-4-2)19-16-12-7-5-10-14(16)15-11-6-8-13-17(15)19/h5-8,10-13,18H,3-4,9H2,1-2H3. The Labute approximate surface area is 120 Å². The van der Waals surface area contributed by atoms with Gasteiger partial charge in [-0.25, -0.2) is 0 Å². The lowest BCUT2D eigenvalue weighted by Gasteiger charge is -2.20. The van der Waals surface area contributed by atoms with Crippen molar-refractivity contribution in [3.8, 4) is 0 Å². The first-order valence-corrected chi connectivity index (χ1v) is 7.46. The number of para-hydroxylation sites is 2. The zero-order valence-electron chi connectivity index (χ0n) is 12.2. The maximum Gasteiger partial charge on any atom is 0.134 e. The van der Waals surface area contributed by atoms with E-state index < -0.39 is 0 Å². The third kappa shape index (κ3) is 2.10. The van der Waals surface area contributed by atoms with Gasteiger partial charge in [0, 0.05) is 17.4 Å². The molecule has 0 aliphatic carbocycles. The van der Waals surface area contributed by atoms with Crippen molar-refractivity contribution in [3.05, 3.63) is 48.5 Å². The van der Waals surface area contributed by atoms with Crippen molar-refractivity contribution in [2.24, 2.45) is 0 Å². The fraction of sp³-hybridized carbons (Fsp3) is 0.333. The van der Waals surface area contributed by atoms with Crippen LogP contribution in [-0.4, -0.2) is 11.2 Å². The third-order valence-corrected chi connectivity index (χ3v) is 3.80. The molecule has 20 heavy (non-hydrogen) atoms. The molecule has 0 fully saturated rings. The van der Waals surface area contributed by atoms with Crippen LogP contribution in [0.15, 0.2) is 48.5 Å². The van der Waals surface area contributed by atoms with Crippen molar-refractivity contribution < 1.29 is 4.74 Å². The van der Waals surface area contributed by atoms with Gasteiger partial charge in [0.15, 0.2) is 0 Å². The van der Waals surface area contributed by atoms with E-state index in [1.54, 1.807) is 0 Å². The predicted molar refractivity (Wildman–Crippen MR) is 85.0 cm³/mol. The first-order valence-electron chi connectivity index (χ1n) is 7.46. The number of hydrogen-bond acceptors (Lipinski definition) is 1. The van der Waals surface area contributed by atoms with Crippen molar-refractivity contribution in [2.45, 2.75) is 32.9 Å². The molecule has 1 heterocycles. The molecule has 0 aliphatic heterocycles. The highest BCUT2D eigenvalue weighted by Gasteiger charge is 2.17. The lowest BCUT2D eigenvalue weighted by Crippen LogP contribution is -2.12. The van der Waals surface area contributed by atoms with Gasteiger partial charge < -0.3 is 9.30 Å². The van der Waals surface area contributed by atoms with Crippen LogP contribution in [0.1, 0.15) is 32.9 Å². The van der Waals surface area contributed by atoms with Crippen molar-refractivity contribution in [1.29, 1.82) is 0 Å². The number of hydrogen-bond donors (Lipinski definition) is 0. The predicted octanol–water partition coefficient (Wildman–Crippen LogP) is 5.13. The molecule has 1 aromatic heterocycles. The second-order valence-corrected chi connectivity index (χ2v) is 5.10. The Hall–Kier alpha value is -1.80. The normalized spacial score (nSPS) is 13.1. The maximum atomic E-state index is 6.01. The van der Waals surface area contributed by atoms with Gasteiger partial charge in [0.25, 0.3) is 0 Å². The first-order chi connectivity index (χ1) is 9.86. The van der Waals surface area contributed by atoms with Crippen LogP contribution in [0.5, 0.6) is 0 Å². The molecule has 2 nitrogen and oxygen atoms in total. The Kier molecular flexibility index (Phi) is 3.75. The van der Waals surface area contributed by atoms with Crippen LogP contribution in [0.25, 0.3) is 21.8 Å². The second kappa shape index (κ2) is 5.68. The van der Waals surface area contributed by atoms with Crippen LogP contribution < -0.4 is 0 Å². The summed E-state index contributed by atoms with van der Waals surface area (Å²) >= 11 is 0. The van der Waals surface area contributed by atoms with Crippen LogP contribution in [0.2, 0.25) is 0 Å². The van der Waals surface area contributed by atoms with Gasteiger partial charge in [-0.15, -0.1) is 0 Å². The number of nitrogens with zero attached hydrogens (tertiary/aromatic N) is 1.